The number of hydrazone groups is 1. The summed E-state index contributed by atoms with van der Waals surface area (Å²) in [6.45, 7) is 1.63. The highest BCUT2D eigenvalue weighted by atomic mass is 19.4. The van der Waals surface area contributed by atoms with Crippen LogP contribution in [-0.4, -0.2) is 35.6 Å². The Morgan fingerprint density at radius 1 is 1.06 bits per heavy atom. The lowest BCUT2D eigenvalue weighted by atomic mass is 10.2. The number of para-hydroxylation sites is 1. The number of anilines is 1. The minimum Gasteiger partial charge on any atom is -0.466 e. The fourth-order valence-corrected chi connectivity index (χ4v) is 3.93. The predicted molar refractivity (Wildman–Crippen MR) is 121 cm³/mol. The standard InChI is InChI=1S/C24H21F3N4O4/c1-2-35-23(34)20-18(21(32)30-15-7-5-6-14(10-15)24(25,26)27)19(20)22(33)31-29-12-13-11-28-17-9-4-3-8-16(13)17/h3-12,18-20,28H,2H2,1H3,(H,30,32)(H,31,33)/b29-12+/t18-,19+,20-/m1/s1. The minimum absolute atomic E-state index is 0.0460. The normalized spacial score (nSPS) is 19.5. The summed E-state index contributed by atoms with van der Waals surface area (Å²) in [4.78, 5) is 40.8. The maximum Gasteiger partial charge on any atom is 0.416 e. The molecule has 1 aromatic heterocycles. The van der Waals surface area contributed by atoms with E-state index in [0.717, 1.165) is 34.7 Å². The van der Waals surface area contributed by atoms with Gasteiger partial charge < -0.3 is 15.0 Å². The second-order valence-corrected chi connectivity index (χ2v) is 7.92. The maximum absolute atomic E-state index is 13.0. The molecule has 0 bridgehead atoms. The van der Waals surface area contributed by atoms with E-state index in [4.69, 9.17) is 4.74 Å². The highest BCUT2D eigenvalue weighted by Crippen LogP contribution is 2.48. The van der Waals surface area contributed by atoms with E-state index in [1.54, 1.807) is 13.1 Å². The number of hydrogen-bond acceptors (Lipinski definition) is 5. The van der Waals surface area contributed by atoms with Gasteiger partial charge in [0.15, 0.2) is 0 Å². The van der Waals surface area contributed by atoms with Gasteiger partial charge in [-0.3, -0.25) is 14.4 Å². The molecule has 35 heavy (non-hydrogen) atoms. The molecule has 0 spiro atoms. The summed E-state index contributed by atoms with van der Waals surface area (Å²) in [5, 5.41) is 7.17. The van der Waals surface area contributed by atoms with Crippen LogP contribution in [0.25, 0.3) is 10.9 Å². The molecule has 182 valence electrons. The first-order valence-corrected chi connectivity index (χ1v) is 10.7. The van der Waals surface area contributed by atoms with Gasteiger partial charge in [0, 0.05) is 28.4 Å². The van der Waals surface area contributed by atoms with Crippen LogP contribution in [0.1, 0.15) is 18.1 Å². The number of benzene rings is 2. The minimum atomic E-state index is -4.58. The van der Waals surface area contributed by atoms with E-state index in [1.807, 2.05) is 24.3 Å². The van der Waals surface area contributed by atoms with Gasteiger partial charge in [0.2, 0.25) is 11.8 Å². The number of aromatic nitrogens is 1. The third-order valence-electron chi connectivity index (χ3n) is 5.64. The van der Waals surface area contributed by atoms with E-state index in [1.165, 1.54) is 12.3 Å². The first-order chi connectivity index (χ1) is 16.7. The van der Waals surface area contributed by atoms with Crippen molar-refractivity contribution in [2.45, 2.75) is 13.1 Å². The third-order valence-corrected chi connectivity index (χ3v) is 5.64. The number of amides is 2. The Morgan fingerprint density at radius 2 is 1.80 bits per heavy atom. The summed E-state index contributed by atoms with van der Waals surface area (Å²) in [6.07, 6.45) is -1.45. The van der Waals surface area contributed by atoms with Crippen molar-refractivity contribution < 1.29 is 32.3 Å². The van der Waals surface area contributed by atoms with Gasteiger partial charge in [-0.25, -0.2) is 5.43 Å². The summed E-state index contributed by atoms with van der Waals surface area (Å²) in [7, 11) is 0. The Labute approximate surface area is 197 Å². The average Bonchev–Trinajstić information content (AvgIpc) is 3.46. The fourth-order valence-electron chi connectivity index (χ4n) is 3.93. The number of aromatic amines is 1. The van der Waals surface area contributed by atoms with Crippen LogP contribution in [0.2, 0.25) is 0 Å². The Kier molecular flexibility index (Phi) is 6.59. The number of carbonyl (C=O) groups is 3. The van der Waals surface area contributed by atoms with Gasteiger partial charge in [0.25, 0.3) is 0 Å². The molecule has 2 amide bonds. The van der Waals surface area contributed by atoms with E-state index >= 15 is 0 Å². The van der Waals surface area contributed by atoms with Crippen molar-refractivity contribution in [2.24, 2.45) is 22.9 Å². The van der Waals surface area contributed by atoms with E-state index in [0.29, 0.717) is 0 Å². The number of fused-ring (bicyclic) bond motifs is 1. The van der Waals surface area contributed by atoms with Gasteiger partial charge >= 0.3 is 12.1 Å². The maximum atomic E-state index is 13.0. The molecule has 3 N–H and O–H groups in total. The van der Waals surface area contributed by atoms with Crippen molar-refractivity contribution >= 4 is 40.6 Å². The zero-order valence-electron chi connectivity index (χ0n) is 18.4. The zero-order valence-corrected chi connectivity index (χ0v) is 18.4. The number of nitrogens with one attached hydrogen (secondary N) is 3. The molecule has 4 rings (SSSR count). The molecular formula is C24H21F3N4O4. The number of esters is 1. The van der Waals surface area contributed by atoms with Crippen LogP contribution in [0, 0.1) is 17.8 Å². The molecule has 3 atom stereocenters. The van der Waals surface area contributed by atoms with Crippen LogP contribution in [0.5, 0.6) is 0 Å². The van der Waals surface area contributed by atoms with Gasteiger partial charge in [0.1, 0.15) is 0 Å². The molecule has 0 unspecified atom stereocenters. The highest BCUT2D eigenvalue weighted by Gasteiger charge is 2.63. The number of H-pyrrole nitrogens is 1. The molecule has 0 radical (unpaired) electrons. The van der Waals surface area contributed by atoms with E-state index < -0.39 is 47.3 Å². The van der Waals surface area contributed by atoms with Gasteiger partial charge in [-0.15, -0.1) is 0 Å². The SMILES string of the molecule is CCOC(=O)[C@@H]1[C@H](C(=O)Nc2cccc(C(F)(F)F)c2)[C@@H]1C(=O)N/N=C/c1c[nH]c2ccccc12. The van der Waals surface area contributed by atoms with Crippen LogP contribution in [0.4, 0.5) is 18.9 Å². The van der Waals surface area contributed by atoms with Crippen LogP contribution >= 0.6 is 0 Å². The first-order valence-electron chi connectivity index (χ1n) is 10.7. The Morgan fingerprint density at radius 3 is 2.54 bits per heavy atom. The van der Waals surface area contributed by atoms with Crippen molar-refractivity contribution in [3.8, 4) is 0 Å². The number of hydrogen-bond donors (Lipinski definition) is 3. The van der Waals surface area contributed by atoms with Gasteiger partial charge in [-0.05, 0) is 31.2 Å². The lowest BCUT2D eigenvalue weighted by molar-refractivity contribution is -0.146. The molecule has 0 aliphatic heterocycles. The zero-order chi connectivity index (χ0) is 25.2. The van der Waals surface area contributed by atoms with Crippen LogP contribution in [-0.2, 0) is 25.3 Å². The first kappa shape index (κ1) is 24.0. The number of rotatable bonds is 7. The van der Waals surface area contributed by atoms with Crippen molar-refractivity contribution in [3.05, 3.63) is 65.9 Å². The van der Waals surface area contributed by atoms with Crippen LogP contribution in [0.3, 0.4) is 0 Å². The average molecular weight is 486 g/mol. The molecule has 11 heteroatoms. The van der Waals surface area contributed by atoms with E-state index in [9.17, 15) is 27.6 Å². The lowest BCUT2D eigenvalue weighted by Gasteiger charge is -2.10. The van der Waals surface area contributed by atoms with Gasteiger partial charge in [0.05, 0.1) is 36.1 Å². The Hall–Kier alpha value is -4.15. The number of halogens is 3. The number of alkyl halides is 3. The second-order valence-electron chi connectivity index (χ2n) is 7.92. The molecule has 1 aliphatic rings. The van der Waals surface area contributed by atoms with Crippen molar-refractivity contribution in [1.82, 2.24) is 10.4 Å². The summed E-state index contributed by atoms with van der Waals surface area (Å²) >= 11 is 0. The summed E-state index contributed by atoms with van der Waals surface area (Å²) in [6, 6.07) is 11.6. The molecule has 1 saturated carbocycles. The van der Waals surface area contributed by atoms with Crippen LogP contribution < -0.4 is 10.7 Å². The molecule has 0 saturated heterocycles. The topological polar surface area (TPSA) is 113 Å². The third kappa shape index (κ3) is 5.18. The fraction of sp³-hybridized carbons (Fsp3) is 0.250. The Bertz CT molecular complexity index is 1300. The van der Waals surface area contributed by atoms with Crippen molar-refractivity contribution in [3.63, 3.8) is 0 Å². The molecule has 3 aromatic rings. The van der Waals surface area contributed by atoms with Crippen molar-refractivity contribution in [2.75, 3.05) is 11.9 Å². The molecule has 1 aliphatic carbocycles. The number of nitrogens with zero attached hydrogens (tertiary/aromatic N) is 1. The largest absolute Gasteiger partial charge is 0.466 e. The van der Waals surface area contributed by atoms with Gasteiger partial charge in [-0.2, -0.15) is 18.3 Å². The monoisotopic (exact) mass is 486 g/mol. The summed E-state index contributed by atoms with van der Waals surface area (Å²) < 4.78 is 43.8. The lowest BCUT2D eigenvalue weighted by Crippen LogP contribution is -2.24. The molecule has 2 aromatic carbocycles. The molecule has 8 nitrogen and oxygen atoms in total. The summed E-state index contributed by atoms with van der Waals surface area (Å²) in [5.74, 6) is -5.42. The Balaban J connectivity index is 1.46. The number of ether oxygens (including phenoxy) is 1. The number of carbonyl (C=O) groups excluding carboxylic acids is 3. The smallest absolute Gasteiger partial charge is 0.416 e. The summed E-state index contributed by atoms with van der Waals surface area (Å²) in [5.41, 5.74) is 2.90. The van der Waals surface area contributed by atoms with Crippen LogP contribution in [0.15, 0.2) is 59.8 Å². The molecule has 1 fully saturated rings. The van der Waals surface area contributed by atoms with Gasteiger partial charge in [-0.1, -0.05) is 24.3 Å². The highest BCUT2D eigenvalue weighted by molar-refractivity contribution is 6.05. The molecular weight excluding hydrogens is 465 g/mol. The van der Waals surface area contributed by atoms with Crippen molar-refractivity contribution in [1.29, 1.82) is 0 Å². The van der Waals surface area contributed by atoms with E-state index in [-0.39, 0.29) is 12.3 Å². The second kappa shape index (κ2) is 9.61. The molecule has 1 heterocycles. The predicted octanol–water partition coefficient (Wildman–Crippen LogP) is 3.70. The van der Waals surface area contributed by atoms with E-state index in [2.05, 4.69) is 20.8 Å². The quantitative estimate of drug-likeness (QED) is 0.269.